The molecule has 9 heteroatoms. The van der Waals surface area contributed by atoms with Crippen LogP contribution in [0.15, 0.2) is 59.8 Å². The first kappa shape index (κ1) is 23.9. The normalized spacial score (nSPS) is 18.9. The number of methoxy groups -OCH3 is 1. The van der Waals surface area contributed by atoms with Gasteiger partial charge in [-0.25, -0.2) is 9.59 Å². The Balaban J connectivity index is 1.56. The lowest BCUT2D eigenvalue weighted by Crippen LogP contribution is -2.51. The third-order valence-corrected chi connectivity index (χ3v) is 6.25. The van der Waals surface area contributed by atoms with Crippen LogP contribution in [0.1, 0.15) is 18.5 Å². The van der Waals surface area contributed by atoms with Gasteiger partial charge in [-0.2, -0.15) is 0 Å². The first-order valence-corrected chi connectivity index (χ1v) is 11.7. The molecule has 1 saturated heterocycles. The van der Waals surface area contributed by atoms with Gasteiger partial charge in [-0.15, -0.1) is 0 Å². The lowest BCUT2D eigenvalue weighted by atomic mass is 9.95. The van der Waals surface area contributed by atoms with Crippen LogP contribution in [0.2, 0.25) is 5.02 Å². The first-order valence-electron chi connectivity index (χ1n) is 11.3. The highest BCUT2D eigenvalue weighted by Crippen LogP contribution is 2.31. The molecular weight excluding hydrogens is 456 g/mol. The van der Waals surface area contributed by atoms with Crippen molar-refractivity contribution in [3.8, 4) is 5.75 Å². The minimum Gasteiger partial charge on any atom is -0.495 e. The maximum atomic E-state index is 13.0. The number of para-hydroxylation sites is 2. The molecule has 0 radical (unpaired) electrons. The minimum absolute atomic E-state index is 0.239. The topological polar surface area (TPSA) is 83.1 Å². The summed E-state index contributed by atoms with van der Waals surface area (Å²) in [4.78, 5) is 30.0. The fourth-order valence-corrected chi connectivity index (χ4v) is 4.59. The van der Waals surface area contributed by atoms with E-state index in [0.29, 0.717) is 22.8 Å². The maximum Gasteiger partial charge on any atom is 0.338 e. The number of hydrogen-bond donors (Lipinski definition) is 2. The molecule has 0 aromatic heterocycles. The van der Waals surface area contributed by atoms with Crippen molar-refractivity contribution in [2.24, 2.45) is 0 Å². The number of urea groups is 1. The number of anilines is 1. The summed E-state index contributed by atoms with van der Waals surface area (Å²) < 4.78 is 10.9. The Morgan fingerprint density at radius 2 is 1.88 bits per heavy atom. The van der Waals surface area contributed by atoms with Crippen molar-refractivity contribution in [2.75, 3.05) is 51.3 Å². The number of esters is 1. The molecular formula is C25H29ClN4O4. The Kier molecular flexibility index (Phi) is 7.59. The van der Waals surface area contributed by atoms with E-state index in [1.54, 1.807) is 32.2 Å². The van der Waals surface area contributed by atoms with Gasteiger partial charge < -0.3 is 25.0 Å². The molecule has 2 aliphatic rings. The molecule has 2 heterocycles. The van der Waals surface area contributed by atoms with Crippen molar-refractivity contribution in [2.45, 2.75) is 13.0 Å². The summed E-state index contributed by atoms with van der Waals surface area (Å²) in [5, 5.41) is 6.23. The average Bonchev–Trinajstić information content (AvgIpc) is 2.84. The smallest absolute Gasteiger partial charge is 0.338 e. The molecule has 0 bridgehead atoms. The first-order chi connectivity index (χ1) is 16.5. The van der Waals surface area contributed by atoms with Gasteiger partial charge >= 0.3 is 12.0 Å². The molecule has 4 rings (SSSR count). The minimum atomic E-state index is -0.642. The predicted molar refractivity (Wildman–Crippen MR) is 131 cm³/mol. The highest BCUT2D eigenvalue weighted by molar-refractivity contribution is 6.30. The van der Waals surface area contributed by atoms with Gasteiger partial charge in [0, 0.05) is 43.4 Å². The van der Waals surface area contributed by atoms with Crippen molar-refractivity contribution in [1.29, 1.82) is 0 Å². The number of piperazine rings is 1. The lowest BCUT2D eigenvalue weighted by Gasteiger charge is -2.38. The third kappa shape index (κ3) is 5.29. The van der Waals surface area contributed by atoms with Crippen LogP contribution in [0.3, 0.4) is 0 Å². The van der Waals surface area contributed by atoms with E-state index in [4.69, 9.17) is 21.1 Å². The molecule has 0 saturated carbocycles. The Labute approximate surface area is 204 Å². The summed E-state index contributed by atoms with van der Waals surface area (Å²) in [5.74, 6) is 0.390. The third-order valence-electron chi connectivity index (χ3n) is 6.01. The molecule has 1 fully saturated rings. The molecule has 2 amide bonds. The molecule has 0 aliphatic carbocycles. The van der Waals surface area contributed by atoms with Crippen molar-refractivity contribution in [3.05, 3.63) is 70.4 Å². The van der Waals surface area contributed by atoms with Crippen molar-refractivity contribution < 1.29 is 19.1 Å². The van der Waals surface area contributed by atoms with Crippen LogP contribution in [0.4, 0.5) is 10.5 Å². The standard InChI is InChI=1S/C25H29ClN4O4/c1-3-34-24(31)22-19(27-25(32)28-23(22)17-7-6-8-18(26)15-17)16-29-11-13-30(14-12-29)20-9-4-5-10-21(20)33-2/h4-10,15,23H,3,11-14,16H2,1-2H3,(H2,27,28,32)/t23-/m1/s1. The van der Waals surface area contributed by atoms with Gasteiger partial charge in [0.1, 0.15) is 5.75 Å². The zero-order valence-electron chi connectivity index (χ0n) is 19.3. The molecule has 180 valence electrons. The Morgan fingerprint density at radius 3 is 2.59 bits per heavy atom. The predicted octanol–water partition coefficient (Wildman–Crippen LogP) is 3.34. The van der Waals surface area contributed by atoms with Crippen LogP contribution < -0.4 is 20.3 Å². The molecule has 0 unspecified atom stereocenters. The van der Waals surface area contributed by atoms with E-state index < -0.39 is 12.0 Å². The molecule has 2 aromatic rings. The van der Waals surface area contributed by atoms with Crippen LogP contribution in [0.25, 0.3) is 0 Å². The van der Waals surface area contributed by atoms with Crippen molar-refractivity contribution in [3.63, 3.8) is 0 Å². The van der Waals surface area contributed by atoms with Gasteiger partial charge in [0.15, 0.2) is 0 Å². The number of nitrogens with one attached hydrogen (secondary N) is 2. The number of halogens is 1. The van der Waals surface area contributed by atoms with E-state index in [-0.39, 0.29) is 12.6 Å². The molecule has 2 aliphatic heterocycles. The monoisotopic (exact) mass is 484 g/mol. The zero-order valence-corrected chi connectivity index (χ0v) is 20.1. The van der Waals surface area contributed by atoms with Crippen molar-refractivity contribution in [1.82, 2.24) is 15.5 Å². The molecule has 2 N–H and O–H groups in total. The summed E-state index contributed by atoms with van der Waals surface area (Å²) >= 11 is 6.18. The van der Waals surface area contributed by atoms with E-state index in [1.807, 2.05) is 24.3 Å². The zero-order chi connectivity index (χ0) is 24.1. The van der Waals surface area contributed by atoms with Gasteiger partial charge in [0.2, 0.25) is 0 Å². The largest absolute Gasteiger partial charge is 0.495 e. The fraction of sp³-hybridized carbons (Fsp3) is 0.360. The summed E-state index contributed by atoms with van der Waals surface area (Å²) in [6.45, 7) is 5.56. The van der Waals surface area contributed by atoms with Crippen LogP contribution in [0.5, 0.6) is 5.75 Å². The number of amides is 2. The molecule has 2 aromatic carbocycles. The number of nitrogens with zero attached hydrogens (tertiary/aromatic N) is 2. The van der Waals surface area contributed by atoms with Crippen LogP contribution in [-0.4, -0.2) is 63.3 Å². The second-order valence-corrected chi connectivity index (χ2v) is 8.57. The SMILES string of the molecule is CCOC(=O)C1=C(CN2CCN(c3ccccc3OC)CC2)NC(=O)N[C@@H]1c1cccc(Cl)c1. The van der Waals surface area contributed by atoms with E-state index in [2.05, 4.69) is 26.5 Å². The van der Waals surface area contributed by atoms with Gasteiger partial charge in [0.05, 0.1) is 31.0 Å². The van der Waals surface area contributed by atoms with Crippen molar-refractivity contribution >= 4 is 29.3 Å². The number of carbonyl (C=O) groups is 2. The second kappa shape index (κ2) is 10.8. The average molecular weight is 485 g/mol. The second-order valence-electron chi connectivity index (χ2n) is 8.13. The van der Waals surface area contributed by atoms with E-state index >= 15 is 0 Å². The van der Waals surface area contributed by atoms with Crippen LogP contribution in [-0.2, 0) is 9.53 Å². The maximum absolute atomic E-state index is 13.0. The fourth-order valence-electron chi connectivity index (χ4n) is 4.39. The summed E-state index contributed by atoms with van der Waals surface area (Å²) in [7, 11) is 1.68. The van der Waals surface area contributed by atoms with E-state index in [0.717, 1.165) is 43.2 Å². The molecule has 8 nitrogen and oxygen atoms in total. The number of benzene rings is 2. The van der Waals surface area contributed by atoms with Gasteiger partial charge in [-0.3, -0.25) is 4.90 Å². The van der Waals surface area contributed by atoms with Crippen LogP contribution >= 0.6 is 11.6 Å². The Morgan fingerprint density at radius 1 is 1.12 bits per heavy atom. The van der Waals surface area contributed by atoms with Gasteiger partial charge in [0.25, 0.3) is 0 Å². The number of hydrogen-bond acceptors (Lipinski definition) is 6. The molecule has 34 heavy (non-hydrogen) atoms. The summed E-state index contributed by atoms with van der Waals surface area (Å²) in [6.07, 6.45) is 0. The Bertz CT molecular complexity index is 1080. The highest BCUT2D eigenvalue weighted by Gasteiger charge is 2.35. The van der Waals surface area contributed by atoms with E-state index in [9.17, 15) is 9.59 Å². The summed E-state index contributed by atoms with van der Waals surface area (Å²) in [6, 6.07) is 14.1. The lowest BCUT2D eigenvalue weighted by molar-refractivity contribution is -0.139. The van der Waals surface area contributed by atoms with Gasteiger partial charge in [-0.1, -0.05) is 35.9 Å². The number of carbonyl (C=O) groups excluding carboxylic acids is 2. The Hall–Kier alpha value is -3.23. The molecule has 0 spiro atoms. The molecule has 1 atom stereocenters. The number of rotatable bonds is 7. The van der Waals surface area contributed by atoms with Gasteiger partial charge in [-0.05, 0) is 36.8 Å². The quantitative estimate of drug-likeness (QED) is 0.586. The van der Waals surface area contributed by atoms with E-state index in [1.165, 1.54) is 0 Å². The summed E-state index contributed by atoms with van der Waals surface area (Å²) in [5.41, 5.74) is 2.74. The number of ether oxygens (including phenoxy) is 2. The van der Waals surface area contributed by atoms with Crippen LogP contribution in [0, 0.1) is 0 Å². The highest BCUT2D eigenvalue weighted by atomic mass is 35.5.